The van der Waals surface area contributed by atoms with Gasteiger partial charge in [-0.2, -0.15) is 0 Å². The molecular weight excluding hydrogens is 925 g/mol. The molecule has 1 aliphatic carbocycles. The Morgan fingerprint density at radius 3 is 1.03 bits per heavy atom. The van der Waals surface area contributed by atoms with Crippen LogP contribution in [0.5, 0.6) is 0 Å². The highest BCUT2D eigenvalue weighted by Crippen LogP contribution is 2.53. The van der Waals surface area contributed by atoms with Crippen LogP contribution in [-0.2, 0) is 0 Å². The molecule has 0 unspecified atom stereocenters. The van der Waals surface area contributed by atoms with Gasteiger partial charge in [-0.25, -0.2) is 0 Å². The summed E-state index contributed by atoms with van der Waals surface area (Å²) in [4.78, 5) is 4.76. The zero-order chi connectivity index (χ0) is 50.8. The summed E-state index contributed by atoms with van der Waals surface area (Å²) in [7, 11) is 0. The van der Waals surface area contributed by atoms with Crippen LogP contribution in [0.3, 0.4) is 0 Å². The monoisotopic (exact) mass is 974 g/mol. The van der Waals surface area contributed by atoms with Crippen molar-refractivity contribution in [2.24, 2.45) is 0 Å². The summed E-state index contributed by atoms with van der Waals surface area (Å²) >= 11 is 0. The number of nitrogens with zero attached hydrogens (tertiary/aromatic N) is 2. The summed E-state index contributed by atoms with van der Waals surface area (Å²) in [6.07, 6.45) is 0. The van der Waals surface area contributed by atoms with Gasteiger partial charge in [0, 0.05) is 55.4 Å². The van der Waals surface area contributed by atoms with Gasteiger partial charge < -0.3 is 18.6 Å². The van der Waals surface area contributed by atoms with Crippen LogP contribution in [0.2, 0.25) is 0 Å². The van der Waals surface area contributed by atoms with E-state index in [0.717, 1.165) is 100 Å². The Balaban J connectivity index is 0.850. The van der Waals surface area contributed by atoms with Crippen molar-refractivity contribution in [3.63, 3.8) is 0 Å². The Morgan fingerprint density at radius 1 is 0.237 bits per heavy atom. The van der Waals surface area contributed by atoms with E-state index < -0.39 is 0 Å². The largest absolute Gasteiger partial charge is 0.453 e. The van der Waals surface area contributed by atoms with Crippen LogP contribution in [0.1, 0.15) is 22.3 Å². The number of aryl methyl sites for hydroxylation is 4. The maximum atomic E-state index is 7.12. The highest BCUT2D eigenvalue weighted by atomic mass is 16.3. The molecule has 0 radical (unpaired) electrons. The van der Waals surface area contributed by atoms with Crippen molar-refractivity contribution < 1.29 is 8.83 Å². The molecule has 4 heteroatoms. The molecule has 0 spiro atoms. The molecule has 0 aliphatic heterocycles. The Morgan fingerprint density at radius 2 is 0.605 bits per heavy atom. The van der Waals surface area contributed by atoms with Gasteiger partial charge in [-0.15, -0.1) is 0 Å². The fourth-order valence-electron chi connectivity index (χ4n) is 12.3. The van der Waals surface area contributed by atoms with Crippen LogP contribution >= 0.6 is 0 Å². The zero-order valence-corrected chi connectivity index (χ0v) is 42.7. The molecule has 2 heterocycles. The number of rotatable bonds is 8. The smallest absolute Gasteiger partial charge is 0.159 e. The minimum Gasteiger partial charge on any atom is -0.453 e. The molecule has 12 aromatic carbocycles. The van der Waals surface area contributed by atoms with Gasteiger partial charge in [0.2, 0.25) is 0 Å². The van der Waals surface area contributed by atoms with Gasteiger partial charge in [0.25, 0.3) is 0 Å². The Kier molecular flexibility index (Phi) is 9.79. The molecule has 76 heavy (non-hydrogen) atoms. The summed E-state index contributed by atoms with van der Waals surface area (Å²) < 4.78 is 14.2. The minimum absolute atomic E-state index is 0.875. The first-order chi connectivity index (χ1) is 37.3. The first-order valence-electron chi connectivity index (χ1n) is 26.2. The van der Waals surface area contributed by atoms with E-state index in [1.54, 1.807) is 0 Å². The lowest BCUT2D eigenvalue weighted by Crippen LogP contribution is -2.12. The second-order valence-electron chi connectivity index (χ2n) is 20.6. The van der Waals surface area contributed by atoms with Crippen molar-refractivity contribution in [2.45, 2.75) is 27.7 Å². The van der Waals surface area contributed by atoms with Crippen LogP contribution in [0.4, 0.5) is 34.1 Å². The normalized spacial score (nSPS) is 11.9. The number of benzene rings is 12. The predicted molar refractivity (Wildman–Crippen MR) is 320 cm³/mol. The lowest BCUT2D eigenvalue weighted by atomic mass is 9.78. The van der Waals surface area contributed by atoms with Gasteiger partial charge in [0.15, 0.2) is 11.2 Å². The molecule has 15 rings (SSSR count). The Bertz CT molecular complexity index is 4400. The highest BCUT2D eigenvalue weighted by Gasteiger charge is 2.28. The van der Waals surface area contributed by atoms with Crippen LogP contribution in [0, 0.1) is 27.7 Å². The quantitative estimate of drug-likeness (QED) is 0.152. The number of para-hydroxylation sites is 4. The summed E-state index contributed by atoms with van der Waals surface area (Å²) in [5.41, 5.74) is 24.3. The van der Waals surface area contributed by atoms with Gasteiger partial charge >= 0.3 is 0 Å². The minimum atomic E-state index is 0.875. The van der Waals surface area contributed by atoms with E-state index in [4.69, 9.17) is 8.83 Å². The molecule has 0 saturated carbocycles. The summed E-state index contributed by atoms with van der Waals surface area (Å²) in [5, 5.41) is 9.20. The first-order valence-corrected chi connectivity index (χ1v) is 26.2. The predicted octanol–water partition coefficient (Wildman–Crippen LogP) is 20.9. The van der Waals surface area contributed by atoms with Crippen molar-refractivity contribution in [3.05, 3.63) is 253 Å². The number of anilines is 6. The lowest BCUT2D eigenvalue weighted by Gasteiger charge is -2.29. The van der Waals surface area contributed by atoms with Crippen molar-refractivity contribution in [1.82, 2.24) is 0 Å². The van der Waals surface area contributed by atoms with Gasteiger partial charge in [-0.3, -0.25) is 0 Å². The van der Waals surface area contributed by atoms with Crippen LogP contribution in [0.15, 0.2) is 239 Å². The molecule has 2 aromatic heterocycles. The van der Waals surface area contributed by atoms with Gasteiger partial charge in [0.1, 0.15) is 11.2 Å². The molecule has 0 atom stereocenters. The van der Waals surface area contributed by atoms with Crippen molar-refractivity contribution in [3.8, 4) is 44.5 Å². The van der Waals surface area contributed by atoms with E-state index in [2.05, 4.69) is 268 Å². The molecule has 0 bridgehead atoms. The molecule has 0 fully saturated rings. The first kappa shape index (κ1) is 43.9. The van der Waals surface area contributed by atoms with E-state index in [-0.39, 0.29) is 0 Å². The third-order valence-corrected chi connectivity index (χ3v) is 16.0. The van der Waals surface area contributed by atoms with Gasteiger partial charge in [-0.05, 0) is 178 Å². The highest BCUT2D eigenvalue weighted by molar-refractivity contribution is 6.17. The average molecular weight is 975 g/mol. The van der Waals surface area contributed by atoms with E-state index in [9.17, 15) is 0 Å². The molecule has 1 aliphatic rings. The molecule has 360 valence electrons. The van der Waals surface area contributed by atoms with Crippen LogP contribution in [0.25, 0.3) is 110 Å². The number of fused-ring (bicyclic) bond motifs is 12. The number of furan rings is 2. The topological polar surface area (TPSA) is 32.8 Å². The Hall–Kier alpha value is -9.64. The maximum Gasteiger partial charge on any atom is 0.159 e. The third kappa shape index (κ3) is 6.70. The fourth-order valence-corrected chi connectivity index (χ4v) is 12.3. The fraction of sp³-hybridized carbons (Fsp3) is 0.0556. The van der Waals surface area contributed by atoms with Crippen molar-refractivity contribution in [2.75, 3.05) is 9.80 Å². The van der Waals surface area contributed by atoms with E-state index in [1.165, 1.54) is 66.1 Å². The maximum absolute atomic E-state index is 7.12. The summed E-state index contributed by atoms with van der Waals surface area (Å²) in [5.74, 6) is 0. The molecule has 14 aromatic rings. The van der Waals surface area contributed by atoms with Gasteiger partial charge in [0.05, 0.1) is 11.4 Å². The summed E-state index contributed by atoms with van der Waals surface area (Å²) in [6, 6.07) is 83.8. The van der Waals surface area contributed by atoms with Crippen molar-refractivity contribution >= 4 is 99.5 Å². The zero-order valence-electron chi connectivity index (χ0n) is 42.7. The SMILES string of the molecule is Cc1ccccc1-c1cccc2c1oc1c(N(c3ccccc3)c3ccc4cc5c(cc4c3)-c3cc4cc(N(c6ccccc6)c6c(C)ccc7c6oc6c(-c8ccccc8C)cccc67)ccc4cc3-5)c(C)ccc12. The van der Waals surface area contributed by atoms with Crippen LogP contribution < -0.4 is 9.80 Å². The number of hydrogen-bond acceptors (Lipinski definition) is 4. The molecular formula is C72H50N2O2. The summed E-state index contributed by atoms with van der Waals surface area (Å²) in [6.45, 7) is 8.72. The second kappa shape index (κ2) is 17.0. The van der Waals surface area contributed by atoms with E-state index >= 15 is 0 Å². The van der Waals surface area contributed by atoms with Crippen molar-refractivity contribution in [1.29, 1.82) is 0 Å². The van der Waals surface area contributed by atoms with Gasteiger partial charge in [-0.1, -0.05) is 158 Å². The Labute approximate surface area is 440 Å². The van der Waals surface area contributed by atoms with Crippen LogP contribution in [-0.4, -0.2) is 0 Å². The number of hydrogen-bond donors (Lipinski definition) is 0. The molecule has 0 saturated heterocycles. The third-order valence-electron chi connectivity index (χ3n) is 16.0. The van der Waals surface area contributed by atoms with E-state index in [1.807, 2.05) is 0 Å². The average Bonchev–Trinajstić information content (AvgIpc) is 4.17. The second-order valence-corrected chi connectivity index (χ2v) is 20.6. The molecule has 0 amide bonds. The van der Waals surface area contributed by atoms with E-state index in [0.29, 0.717) is 0 Å². The lowest BCUT2D eigenvalue weighted by molar-refractivity contribution is 0.669. The molecule has 4 nitrogen and oxygen atoms in total. The molecule has 0 N–H and O–H groups in total. The standard InChI is InChI=1S/C72H50N2O2/c1-43-17-11-13-23-55(43)57-25-15-27-59-61-35-29-45(3)67(71(61)75-69(57)59)73(51-19-7-5-8-20-51)53-33-31-47-39-63-64-40-48-32-34-54(38-50(48)42-66(64)65(63)41-49(47)37-53)74(52-21-9-6-10-22-52)68-46(4)30-36-62-60-28-16-26-58(70(60)76-72(62)68)56-24-14-12-18-44(56)2/h5-42H,1-4H3.